The zero-order valence-corrected chi connectivity index (χ0v) is 21.4. The molecule has 4 aromatic rings. The minimum Gasteiger partial charge on any atom is -0.457 e. The van der Waals surface area contributed by atoms with E-state index >= 15 is 8.78 Å². The number of aromatic nitrogens is 4. The zero-order valence-electron chi connectivity index (χ0n) is 21.4. The van der Waals surface area contributed by atoms with Crippen LogP contribution in [0.1, 0.15) is 31.7 Å². The molecule has 0 radical (unpaired) electrons. The van der Waals surface area contributed by atoms with Crippen molar-refractivity contribution in [2.24, 2.45) is 0 Å². The van der Waals surface area contributed by atoms with Crippen molar-refractivity contribution in [1.82, 2.24) is 29.5 Å². The molecule has 2 fully saturated rings. The highest BCUT2D eigenvalue weighted by Crippen LogP contribution is 2.39. The van der Waals surface area contributed by atoms with E-state index in [0.717, 1.165) is 64.0 Å². The number of likely N-dealkylation sites (N-methyl/N-ethyl adjacent to an activating group) is 1. The molecule has 1 aliphatic heterocycles. The molecule has 8 nitrogen and oxygen atoms in total. The molecule has 1 aliphatic carbocycles. The van der Waals surface area contributed by atoms with Crippen molar-refractivity contribution < 1.29 is 13.5 Å². The fourth-order valence-electron chi connectivity index (χ4n) is 5.74. The summed E-state index contributed by atoms with van der Waals surface area (Å²) in [5, 5.41) is 5.08. The van der Waals surface area contributed by atoms with Gasteiger partial charge in [-0.2, -0.15) is 5.10 Å². The highest BCUT2D eigenvalue weighted by atomic mass is 19.1. The molecule has 1 saturated carbocycles. The third-order valence-electron chi connectivity index (χ3n) is 7.82. The third kappa shape index (κ3) is 4.69. The highest BCUT2D eigenvalue weighted by molar-refractivity contribution is 5.98. The van der Waals surface area contributed by atoms with Crippen LogP contribution in [0, 0.1) is 11.6 Å². The van der Waals surface area contributed by atoms with Gasteiger partial charge in [-0.25, -0.2) is 23.4 Å². The maximum Gasteiger partial charge on any atom is 0.164 e. The molecule has 2 aromatic heterocycles. The van der Waals surface area contributed by atoms with Crippen molar-refractivity contribution in [3.8, 4) is 22.8 Å². The van der Waals surface area contributed by atoms with E-state index in [4.69, 9.17) is 15.6 Å². The third-order valence-corrected chi connectivity index (χ3v) is 7.82. The Hall–Kier alpha value is -3.63. The molecule has 10 heteroatoms. The quantitative estimate of drug-likeness (QED) is 0.402. The Kier molecular flexibility index (Phi) is 6.67. The summed E-state index contributed by atoms with van der Waals surface area (Å²) in [5.41, 5.74) is 6.56. The second-order valence-electron chi connectivity index (χ2n) is 10.2. The maximum atomic E-state index is 15.4. The Bertz CT molecular complexity index is 1410. The largest absolute Gasteiger partial charge is 0.457 e. The first-order valence-electron chi connectivity index (χ1n) is 13.1. The highest BCUT2D eigenvalue weighted by Gasteiger charge is 2.31. The number of para-hydroxylation sites is 1. The summed E-state index contributed by atoms with van der Waals surface area (Å²) in [7, 11) is 2.16. The number of halogens is 2. The van der Waals surface area contributed by atoms with Gasteiger partial charge in [0.2, 0.25) is 0 Å². The van der Waals surface area contributed by atoms with Gasteiger partial charge in [-0.15, -0.1) is 0 Å². The first kappa shape index (κ1) is 24.7. The molecule has 0 atom stereocenters. The Balaban J connectivity index is 1.30. The second-order valence-corrected chi connectivity index (χ2v) is 10.2. The number of piperazine rings is 1. The summed E-state index contributed by atoms with van der Waals surface area (Å²) in [6.45, 7) is 4.37. The van der Waals surface area contributed by atoms with Crippen LogP contribution in [0.3, 0.4) is 0 Å². The average molecular weight is 520 g/mol. The van der Waals surface area contributed by atoms with Gasteiger partial charge in [-0.05, 0) is 44.9 Å². The molecule has 2 aromatic carbocycles. The van der Waals surface area contributed by atoms with Crippen LogP contribution in [-0.4, -0.2) is 68.8 Å². The van der Waals surface area contributed by atoms with E-state index in [2.05, 4.69) is 26.8 Å². The number of anilines is 1. The van der Waals surface area contributed by atoms with Gasteiger partial charge < -0.3 is 15.4 Å². The number of nitrogens with zero attached hydrogens (tertiary/aromatic N) is 6. The van der Waals surface area contributed by atoms with Crippen molar-refractivity contribution in [2.75, 3.05) is 39.0 Å². The molecular formula is C28H31F2N7O. The van der Waals surface area contributed by atoms with Crippen LogP contribution >= 0.6 is 0 Å². The van der Waals surface area contributed by atoms with Gasteiger partial charge in [0, 0.05) is 44.4 Å². The smallest absolute Gasteiger partial charge is 0.164 e. The van der Waals surface area contributed by atoms with Crippen molar-refractivity contribution in [2.45, 2.75) is 37.8 Å². The fourth-order valence-corrected chi connectivity index (χ4v) is 5.74. The lowest BCUT2D eigenvalue weighted by molar-refractivity contribution is 0.0815. The minimum absolute atomic E-state index is 0.0603. The lowest BCUT2D eigenvalue weighted by Gasteiger charge is -2.41. The summed E-state index contributed by atoms with van der Waals surface area (Å²) in [6.07, 6.45) is 5.27. The summed E-state index contributed by atoms with van der Waals surface area (Å²) < 4.78 is 38.3. The van der Waals surface area contributed by atoms with Gasteiger partial charge in [0.05, 0.1) is 17.0 Å². The van der Waals surface area contributed by atoms with Gasteiger partial charge in [0.15, 0.2) is 5.65 Å². The van der Waals surface area contributed by atoms with Crippen LogP contribution in [0.5, 0.6) is 11.5 Å². The predicted molar refractivity (Wildman–Crippen MR) is 142 cm³/mol. The summed E-state index contributed by atoms with van der Waals surface area (Å²) in [6, 6.07) is 11.8. The second kappa shape index (κ2) is 10.3. The molecule has 0 unspecified atom stereocenters. The van der Waals surface area contributed by atoms with E-state index in [-0.39, 0.29) is 28.9 Å². The Labute approximate surface area is 220 Å². The molecule has 6 rings (SSSR count). The Morgan fingerprint density at radius 3 is 2.21 bits per heavy atom. The molecule has 198 valence electrons. The SMILES string of the molecule is CN1CCN([C@H]2CC[C@H](n3nc(-c4c(F)cc(Oc5ccccc5)cc4F)c4c(N)ncnc43)CC2)CC1. The van der Waals surface area contributed by atoms with Crippen LogP contribution < -0.4 is 10.5 Å². The Morgan fingerprint density at radius 1 is 0.868 bits per heavy atom. The lowest BCUT2D eigenvalue weighted by atomic mass is 9.90. The maximum absolute atomic E-state index is 15.4. The number of benzene rings is 2. The van der Waals surface area contributed by atoms with E-state index in [1.807, 2.05) is 6.07 Å². The molecular weight excluding hydrogens is 488 g/mol. The molecule has 0 spiro atoms. The van der Waals surface area contributed by atoms with E-state index in [1.165, 1.54) is 6.33 Å². The first-order valence-corrected chi connectivity index (χ1v) is 13.1. The van der Waals surface area contributed by atoms with E-state index in [9.17, 15) is 0 Å². The van der Waals surface area contributed by atoms with Gasteiger partial charge in [0.25, 0.3) is 0 Å². The number of hydrogen-bond donors (Lipinski definition) is 1. The van der Waals surface area contributed by atoms with Gasteiger partial charge in [-0.3, -0.25) is 4.90 Å². The van der Waals surface area contributed by atoms with E-state index < -0.39 is 11.6 Å². The fraction of sp³-hybridized carbons (Fsp3) is 0.393. The normalized spacial score (nSPS) is 21.1. The van der Waals surface area contributed by atoms with Crippen molar-refractivity contribution in [1.29, 1.82) is 0 Å². The van der Waals surface area contributed by atoms with E-state index in [1.54, 1.807) is 28.9 Å². The molecule has 0 bridgehead atoms. The number of nitrogen functional groups attached to an aromatic ring is 1. The van der Waals surface area contributed by atoms with Crippen LogP contribution in [-0.2, 0) is 0 Å². The minimum atomic E-state index is -0.787. The average Bonchev–Trinajstić information content (AvgIpc) is 3.30. The number of hydrogen-bond acceptors (Lipinski definition) is 7. The molecule has 38 heavy (non-hydrogen) atoms. The number of ether oxygens (including phenoxy) is 1. The lowest BCUT2D eigenvalue weighted by Crippen LogP contribution is -2.49. The molecule has 2 aliphatic rings. The monoisotopic (exact) mass is 519 g/mol. The zero-order chi connectivity index (χ0) is 26.2. The van der Waals surface area contributed by atoms with Crippen molar-refractivity contribution in [3.05, 3.63) is 60.4 Å². The summed E-state index contributed by atoms with van der Waals surface area (Å²) in [5.74, 6) is -0.886. The number of fused-ring (bicyclic) bond motifs is 1. The van der Waals surface area contributed by atoms with Gasteiger partial charge in [0.1, 0.15) is 41.0 Å². The van der Waals surface area contributed by atoms with Crippen LogP contribution in [0.15, 0.2) is 48.8 Å². The standard InChI is InChI=1S/C28H31F2N7O/c1-35-11-13-36(14-12-35)18-7-9-19(10-8-18)37-28-25(27(31)32-17-33-28)26(34-37)24-22(29)15-21(16-23(24)30)38-20-5-3-2-4-6-20/h2-6,15-19H,7-14H2,1H3,(H2,31,32,33)/t18-,19-. The van der Waals surface area contributed by atoms with Gasteiger partial charge in [-0.1, -0.05) is 18.2 Å². The predicted octanol–water partition coefficient (Wildman–Crippen LogP) is 4.88. The number of rotatable bonds is 5. The van der Waals surface area contributed by atoms with Crippen LogP contribution in [0.4, 0.5) is 14.6 Å². The topological polar surface area (TPSA) is 85.3 Å². The number of nitrogens with two attached hydrogens (primary N) is 1. The summed E-state index contributed by atoms with van der Waals surface area (Å²) >= 11 is 0. The van der Waals surface area contributed by atoms with E-state index in [0.29, 0.717) is 22.8 Å². The Morgan fingerprint density at radius 2 is 1.53 bits per heavy atom. The molecule has 1 saturated heterocycles. The van der Waals surface area contributed by atoms with Gasteiger partial charge >= 0.3 is 0 Å². The molecule has 2 N–H and O–H groups in total. The van der Waals surface area contributed by atoms with Crippen molar-refractivity contribution in [3.63, 3.8) is 0 Å². The summed E-state index contributed by atoms with van der Waals surface area (Å²) in [4.78, 5) is 13.5. The first-order chi connectivity index (χ1) is 18.5. The molecule has 0 amide bonds. The van der Waals surface area contributed by atoms with Crippen LogP contribution in [0.2, 0.25) is 0 Å². The van der Waals surface area contributed by atoms with Crippen molar-refractivity contribution >= 4 is 16.9 Å². The van der Waals surface area contributed by atoms with Crippen LogP contribution in [0.25, 0.3) is 22.3 Å². The molecule has 3 heterocycles.